The standard InChI is InChI=1S/C13H18N2O2/c1-16-12-4-2-10(3-5-12)8-11-9-17-13(15-11)6-7-14/h2-5,11H,6-9,14H2,1H3. The molecule has 1 aromatic rings. The van der Waals surface area contributed by atoms with E-state index in [1.807, 2.05) is 12.1 Å². The Morgan fingerprint density at radius 2 is 2.18 bits per heavy atom. The molecule has 0 saturated heterocycles. The number of rotatable bonds is 5. The van der Waals surface area contributed by atoms with Crippen LogP contribution >= 0.6 is 0 Å². The van der Waals surface area contributed by atoms with Crippen molar-refractivity contribution in [3.8, 4) is 5.75 Å². The van der Waals surface area contributed by atoms with Crippen molar-refractivity contribution < 1.29 is 9.47 Å². The number of nitrogens with two attached hydrogens (primary N) is 1. The number of nitrogens with zero attached hydrogens (tertiary/aromatic N) is 1. The molecule has 92 valence electrons. The van der Waals surface area contributed by atoms with Crippen molar-refractivity contribution >= 4 is 5.90 Å². The van der Waals surface area contributed by atoms with Gasteiger partial charge in [-0.1, -0.05) is 12.1 Å². The Bertz CT molecular complexity index is 387. The van der Waals surface area contributed by atoms with Crippen LogP contribution in [-0.4, -0.2) is 32.2 Å². The van der Waals surface area contributed by atoms with Gasteiger partial charge in [0.15, 0.2) is 5.90 Å². The van der Waals surface area contributed by atoms with Crippen molar-refractivity contribution in [3.63, 3.8) is 0 Å². The lowest BCUT2D eigenvalue weighted by Crippen LogP contribution is -2.10. The minimum absolute atomic E-state index is 0.227. The van der Waals surface area contributed by atoms with Gasteiger partial charge < -0.3 is 15.2 Å². The van der Waals surface area contributed by atoms with Crippen LogP contribution in [0.5, 0.6) is 5.75 Å². The van der Waals surface area contributed by atoms with E-state index in [2.05, 4.69) is 17.1 Å². The molecule has 4 nitrogen and oxygen atoms in total. The van der Waals surface area contributed by atoms with E-state index in [0.29, 0.717) is 13.2 Å². The molecule has 1 atom stereocenters. The molecule has 0 saturated carbocycles. The zero-order chi connectivity index (χ0) is 12.1. The molecule has 0 amide bonds. The third-order valence-corrected chi connectivity index (χ3v) is 2.76. The summed E-state index contributed by atoms with van der Waals surface area (Å²) in [5.41, 5.74) is 6.71. The molecule has 2 rings (SSSR count). The predicted molar refractivity (Wildman–Crippen MR) is 67.5 cm³/mol. The number of methoxy groups -OCH3 is 1. The Labute approximate surface area is 101 Å². The lowest BCUT2D eigenvalue weighted by atomic mass is 10.1. The van der Waals surface area contributed by atoms with Crippen molar-refractivity contribution in [2.75, 3.05) is 20.3 Å². The molecule has 2 N–H and O–H groups in total. The average molecular weight is 234 g/mol. The Morgan fingerprint density at radius 3 is 2.82 bits per heavy atom. The normalized spacial score (nSPS) is 18.7. The molecule has 1 aliphatic heterocycles. The average Bonchev–Trinajstić information content (AvgIpc) is 2.78. The quantitative estimate of drug-likeness (QED) is 0.837. The van der Waals surface area contributed by atoms with Gasteiger partial charge in [-0.15, -0.1) is 0 Å². The van der Waals surface area contributed by atoms with Crippen molar-refractivity contribution in [1.82, 2.24) is 0 Å². The molecule has 4 heteroatoms. The monoisotopic (exact) mass is 234 g/mol. The summed E-state index contributed by atoms with van der Waals surface area (Å²) in [6.45, 7) is 1.26. The number of hydrogen-bond donors (Lipinski definition) is 1. The molecular formula is C13H18N2O2. The predicted octanol–water partition coefficient (Wildman–Crippen LogP) is 1.38. The van der Waals surface area contributed by atoms with E-state index in [0.717, 1.165) is 24.5 Å². The number of aliphatic imine (C=N–C) groups is 1. The van der Waals surface area contributed by atoms with E-state index in [1.165, 1.54) is 5.56 Å². The smallest absolute Gasteiger partial charge is 0.184 e. The first-order valence-corrected chi connectivity index (χ1v) is 5.84. The van der Waals surface area contributed by atoms with Gasteiger partial charge >= 0.3 is 0 Å². The molecule has 0 fully saturated rings. The van der Waals surface area contributed by atoms with Gasteiger partial charge in [0.1, 0.15) is 12.4 Å². The Hall–Kier alpha value is -1.55. The largest absolute Gasteiger partial charge is 0.497 e. The highest BCUT2D eigenvalue weighted by molar-refractivity contribution is 5.77. The zero-order valence-electron chi connectivity index (χ0n) is 10.1. The maximum absolute atomic E-state index is 5.47. The molecular weight excluding hydrogens is 216 g/mol. The van der Waals surface area contributed by atoms with Gasteiger partial charge in [0.2, 0.25) is 0 Å². The topological polar surface area (TPSA) is 56.8 Å². The van der Waals surface area contributed by atoms with Crippen LogP contribution < -0.4 is 10.5 Å². The van der Waals surface area contributed by atoms with Crippen molar-refractivity contribution in [2.24, 2.45) is 10.7 Å². The summed E-state index contributed by atoms with van der Waals surface area (Å²) in [5.74, 6) is 1.68. The van der Waals surface area contributed by atoms with Crippen LogP contribution in [0.2, 0.25) is 0 Å². The Balaban J connectivity index is 1.92. The minimum Gasteiger partial charge on any atom is -0.497 e. The summed E-state index contributed by atoms with van der Waals surface area (Å²) in [6, 6.07) is 8.29. The zero-order valence-corrected chi connectivity index (χ0v) is 10.1. The highest BCUT2D eigenvalue weighted by atomic mass is 16.5. The highest BCUT2D eigenvalue weighted by Crippen LogP contribution is 2.16. The van der Waals surface area contributed by atoms with Gasteiger partial charge in [-0.05, 0) is 24.1 Å². The van der Waals surface area contributed by atoms with Crippen LogP contribution in [0.25, 0.3) is 0 Å². The fourth-order valence-electron chi connectivity index (χ4n) is 1.87. The molecule has 1 unspecified atom stereocenters. The van der Waals surface area contributed by atoms with E-state index in [4.69, 9.17) is 15.2 Å². The fraction of sp³-hybridized carbons (Fsp3) is 0.462. The Kier molecular flexibility index (Phi) is 3.98. The SMILES string of the molecule is COc1ccc(CC2COC(CCN)=N2)cc1. The van der Waals surface area contributed by atoms with Crippen LogP contribution in [0.3, 0.4) is 0 Å². The molecule has 1 aliphatic rings. The Morgan fingerprint density at radius 1 is 1.41 bits per heavy atom. The van der Waals surface area contributed by atoms with Gasteiger partial charge in [-0.25, -0.2) is 4.99 Å². The number of hydrogen-bond acceptors (Lipinski definition) is 4. The first kappa shape index (κ1) is 11.9. The van der Waals surface area contributed by atoms with E-state index in [9.17, 15) is 0 Å². The third-order valence-electron chi connectivity index (χ3n) is 2.76. The highest BCUT2D eigenvalue weighted by Gasteiger charge is 2.18. The summed E-state index contributed by atoms with van der Waals surface area (Å²) in [4.78, 5) is 4.50. The van der Waals surface area contributed by atoms with Crippen LogP contribution in [0, 0.1) is 0 Å². The van der Waals surface area contributed by atoms with Gasteiger partial charge in [0.25, 0.3) is 0 Å². The first-order chi connectivity index (χ1) is 8.31. The third kappa shape index (κ3) is 3.20. The lowest BCUT2D eigenvalue weighted by Gasteiger charge is -2.06. The number of ether oxygens (including phenoxy) is 2. The number of benzene rings is 1. The van der Waals surface area contributed by atoms with Gasteiger partial charge in [-0.2, -0.15) is 0 Å². The van der Waals surface area contributed by atoms with Crippen LogP contribution in [-0.2, 0) is 11.2 Å². The molecule has 0 aromatic heterocycles. The van der Waals surface area contributed by atoms with Gasteiger partial charge in [0.05, 0.1) is 13.2 Å². The molecule has 0 aliphatic carbocycles. The molecule has 1 heterocycles. The summed E-state index contributed by atoms with van der Waals surface area (Å²) in [6.07, 6.45) is 1.64. The van der Waals surface area contributed by atoms with E-state index >= 15 is 0 Å². The van der Waals surface area contributed by atoms with Crippen LogP contribution in [0.4, 0.5) is 0 Å². The minimum atomic E-state index is 0.227. The summed E-state index contributed by atoms with van der Waals surface area (Å²) < 4.78 is 10.6. The maximum Gasteiger partial charge on any atom is 0.184 e. The van der Waals surface area contributed by atoms with E-state index in [1.54, 1.807) is 7.11 Å². The van der Waals surface area contributed by atoms with E-state index in [-0.39, 0.29) is 6.04 Å². The first-order valence-electron chi connectivity index (χ1n) is 5.84. The van der Waals surface area contributed by atoms with Gasteiger partial charge in [0, 0.05) is 13.0 Å². The summed E-state index contributed by atoms with van der Waals surface area (Å²) >= 11 is 0. The van der Waals surface area contributed by atoms with Crippen LogP contribution in [0.15, 0.2) is 29.3 Å². The second kappa shape index (κ2) is 5.68. The fourth-order valence-corrected chi connectivity index (χ4v) is 1.87. The molecule has 0 spiro atoms. The molecule has 0 radical (unpaired) electrons. The molecule has 17 heavy (non-hydrogen) atoms. The van der Waals surface area contributed by atoms with Crippen molar-refractivity contribution in [3.05, 3.63) is 29.8 Å². The molecule has 1 aromatic carbocycles. The van der Waals surface area contributed by atoms with E-state index < -0.39 is 0 Å². The summed E-state index contributed by atoms with van der Waals surface area (Å²) in [7, 11) is 1.67. The molecule has 0 bridgehead atoms. The van der Waals surface area contributed by atoms with Crippen molar-refractivity contribution in [2.45, 2.75) is 18.9 Å². The van der Waals surface area contributed by atoms with Gasteiger partial charge in [-0.3, -0.25) is 0 Å². The summed E-state index contributed by atoms with van der Waals surface area (Å²) in [5, 5.41) is 0. The van der Waals surface area contributed by atoms with Crippen molar-refractivity contribution in [1.29, 1.82) is 0 Å². The second-order valence-corrected chi connectivity index (χ2v) is 4.08. The van der Waals surface area contributed by atoms with Crippen LogP contribution in [0.1, 0.15) is 12.0 Å². The second-order valence-electron chi connectivity index (χ2n) is 4.08. The lowest BCUT2D eigenvalue weighted by molar-refractivity contribution is 0.309. The maximum atomic E-state index is 5.47.